The molecule has 3 aromatic rings. The van der Waals surface area contributed by atoms with E-state index in [0.717, 1.165) is 37.6 Å². The Hall–Kier alpha value is -3.13. The number of aryl methyl sites for hydroxylation is 1. The van der Waals surface area contributed by atoms with Gasteiger partial charge in [-0.25, -0.2) is 9.97 Å². The Morgan fingerprint density at radius 2 is 1.74 bits per heavy atom. The number of rotatable bonds is 6. The van der Waals surface area contributed by atoms with E-state index in [2.05, 4.69) is 20.6 Å². The highest BCUT2D eigenvalue weighted by molar-refractivity contribution is 5.68. The molecule has 2 heterocycles. The van der Waals surface area contributed by atoms with Crippen molar-refractivity contribution >= 4 is 11.5 Å². The first-order chi connectivity index (χ1) is 16.2. The van der Waals surface area contributed by atoms with Crippen LogP contribution in [0, 0.1) is 6.92 Å². The van der Waals surface area contributed by atoms with Crippen molar-refractivity contribution in [2.24, 2.45) is 0 Å². The third-order valence-corrected chi connectivity index (χ3v) is 5.82. The summed E-state index contributed by atoms with van der Waals surface area (Å²) < 4.78 is 47.0. The molecule has 0 atom stereocenters. The standard InChI is InChI=1S/C26H29F3N4O/c1-16(2)34-22-14-20(18-9-11-30-12-10-18)17(3)13-21(22)31-24-15-23(26(27,28)29)32-25(33-24)19-7-5-4-6-8-19/h4-8,13-16,18,30H,9-12H2,1-3H3,(H,31,32,33). The maximum Gasteiger partial charge on any atom is 0.433 e. The molecule has 0 amide bonds. The van der Waals surface area contributed by atoms with Crippen molar-refractivity contribution in [2.45, 2.75) is 51.8 Å². The number of piperidine rings is 1. The first-order valence-electron chi connectivity index (χ1n) is 11.5. The number of aromatic nitrogens is 2. The zero-order chi connectivity index (χ0) is 24.3. The van der Waals surface area contributed by atoms with Gasteiger partial charge in [-0.15, -0.1) is 0 Å². The number of halogens is 3. The summed E-state index contributed by atoms with van der Waals surface area (Å²) in [7, 11) is 0. The molecule has 34 heavy (non-hydrogen) atoms. The van der Waals surface area contributed by atoms with Gasteiger partial charge < -0.3 is 15.4 Å². The zero-order valence-corrected chi connectivity index (χ0v) is 19.5. The van der Waals surface area contributed by atoms with Crippen LogP contribution >= 0.6 is 0 Å². The van der Waals surface area contributed by atoms with Crippen molar-refractivity contribution < 1.29 is 17.9 Å². The Kier molecular flexibility index (Phi) is 7.07. The van der Waals surface area contributed by atoms with Crippen LogP contribution in [0.4, 0.5) is 24.7 Å². The van der Waals surface area contributed by atoms with E-state index in [-0.39, 0.29) is 17.7 Å². The number of nitrogens with zero attached hydrogens (tertiary/aromatic N) is 2. The van der Waals surface area contributed by atoms with Crippen LogP contribution in [-0.2, 0) is 6.18 Å². The molecule has 0 radical (unpaired) electrons. The Labute approximate surface area is 197 Å². The zero-order valence-electron chi connectivity index (χ0n) is 19.5. The number of ether oxygens (including phenoxy) is 1. The second-order valence-corrected chi connectivity index (χ2v) is 8.85. The third-order valence-electron chi connectivity index (χ3n) is 5.82. The third kappa shape index (κ3) is 5.67. The molecule has 1 aliphatic heterocycles. The van der Waals surface area contributed by atoms with Crippen LogP contribution in [0.15, 0.2) is 48.5 Å². The van der Waals surface area contributed by atoms with E-state index in [1.807, 2.05) is 32.9 Å². The number of benzene rings is 2. The Bertz CT molecular complexity index is 1130. The largest absolute Gasteiger partial charge is 0.489 e. The van der Waals surface area contributed by atoms with Crippen molar-refractivity contribution in [3.05, 3.63) is 65.4 Å². The molecule has 0 bridgehead atoms. The van der Waals surface area contributed by atoms with E-state index in [0.29, 0.717) is 22.9 Å². The van der Waals surface area contributed by atoms with Gasteiger partial charge in [0.1, 0.15) is 11.6 Å². The summed E-state index contributed by atoms with van der Waals surface area (Å²) >= 11 is 0. The lowest BCUT2D eigenvalue weighted by Gasteiger charge is -2.26. The molecule has 5 nitrogen and oxygen atoms in total. The molecule has 2 N–H and O–H groups in total. The summed E-state index contributed by atoms with van der Waals surface area (Å²) in [6.45, 7) is 7.81. The smallest absolute Gasteiger partial charge is 0.433 e. The van der Waals surface area contributed by atoms with E-state index in [1.54, 1.807) is 30.3 Å². The van der Waals surface area contributed by atoms with Crippen LogP contribution in [0.1, 0.15) is 49.4 Å². The summed E-state index contributed by atoms with van der Waals surface area (Å²) in [5, 5.41) is 6.46. The second kappa shape index (κ2) is 10.0. The van der Waals surface area contributed by atoms with Crippen LogP contribution in [0.3, 0.4) is 0 Å². The van der Waals surface area contributed by atoms with Crippen molar-refractivity contribution in [3.8, 4) is 17.1 Å². The van der Waals surface area contributed by atoms with E-state index < -0.39 is 11.9 Å². The van der Waals surface area contributed by atoms with E-state index in [4.69, 9.17) is 4.74 Å². The normalized spacial score (nSPS) is 14.9. The maximum atomic E-state index is 13.6. The molecule has 8 heteroatoms. The lowest BCUT2D eigenvalue weighted by atomic mass is 9.87. The molecule has 0 aliphatic carbocycles. The SMILES string of the molecule is Cc1cc(Nc2cc(C(F)(F)F)nc(-c3ccccc3)n2)c(OC(C)C)cc1C1CCNCC1. The lowest BCUT2D eigenvalue weighted by molar-refractivity contribution is -0.141. The fourth-order valence-electron chi connectivity index (χ4n) is 4.24. The van der Waals surface area contributed by atoms with Crippen LogP contribution in [-0.4, -0.2) is 29.2 Å². The summed E-state index contributed by atoms with van der Waals surface area (Å²) in [6.07, 6.45) is -2.62. The number of hydrogen-bond donors (Lipinski definition) is 2. The summed E-state index contributed by atoms with van der Waals surface area (Å²) in [4.78, 5) is 8.16. The molecule has 4 rings (SSSR count). The predicted molar refractivity (Wildman–Crippen MR) is 128 cm³/mol. The molecule has 1 aromatic heterocycles. The van der Waals surface area contributed by atoms with Gasteiger partial charge in [-0.1, -0.05) is 30.3 Å². The van der Waals surface area contributed by atoms with Crippen LogP contribution in [0.25, 0.3) is 11.4 Å². The summed E-state index contributed by atoms with van der Waals surface area (Å²) in [5.41, 5.74) is 2.37. The Morgan fingerprint density at radius 1 is 1.03 bits per heavy atom. The van der Waals surface area contributed by atoms with Crippen LogP contribution in [0.2, 0.25) is 0 Å². The van der Waals surface area contributed by atoms with Gasteiger partial charge in [0.2, 0.25) is 0 Å². The lowest BCUT2D eigenvalue weighted by Crippen LogP contribution is -2.27. The fraction of sp³-hybridized carbons (Fsp3) is 0.385. The average molecular weight is 471 g/mol. The minimum Gasteiger partial charge on any atom is -0.489 e. The van der Waals surface area contributed by atoms with Crippen LogP contribution < -0.4 is 15.4 Å². The van der Waals surface area contributed by atoms with Crippen molar-refractivity contribution in [3.63, 3.8) is 0 Å². The van der Waals surface area contributed by atoms with Gasteiger partial charge in [0, 0.05) is 11.6 Å². The quantitative estimate of drug-likeness (QED) is 0.433. The van der Waals surface area contributed by atoms with Crippen molar-refractivity contribution in [2.75, 3.05) is 18.4 Å². The highest BCUT2D eigenvalue weighted by atomic mass is 19.4. The van der Waals surface area contributed by atoms with Gasteiger partial charge in [0.25, 0.3) is 0 Å². The fourth-order valence-corrected chi connectivity index (χ4v) is 4.24. The molecule has 1 fully saturated rings. The summed E-state index contributed by atoms with van der Waals surface area (Å²) in [6, 6.07) is 13.5. The minimum atomic E-state index is -4.60. The highest BCUT2D eigenvalue weighted by Crippen LogP contribution is 2.38. The van der Waals surface area contributed by atoms with E-state index >= 15 is 0 Å². The van der Waals surface area contributed by atoms with Gasteiger partial charge in [-0.3, -0.25) is 0 Å². The Morgan fingerprint density at radius 3 is 2.38 bits per heavy atom. The average Bonchev–Trinajstić information content (AvgIpc) is 2.81. The van der Waals surface area contributed by atoms with E-state index in [9.17, 15) is 13.2 Å². The molecular weight excluding hydrogens is 441 g/mol. The van der Waals surface area contributed by atoms with E-state index in [1.165, 1.54) is 5.56 Å². The Balaban J connectivity index is 1.75. The molecule has 180 valence electrons. The van der Waals surface area contributed by atoms with Crippen LogP contribution in [0.5, 0.6) is 5.75 Å². The molecule has 1 saturated heterocycles. The van der Waals surface area contributed by atoms with Gasteiger partial charge in [-0.2, -0.15) is 13.2 Å². The molecule has 0 unspecified atom stereocenters. The molecule has 0 saturated carbocycles. The maximum absolute atomic E-state index is 13.6. The van der Waals surface area contributed by atoms with Gasteiger partial charge >= 0.3 is 6.18 Å². The predicted octanol–water partition coefficient (Wildman–Crippen LogP) is 6.47. The molecule has 0 spiro atoms. The van der Waals surface area contributed by atoms with Gasteiger partial charge in [0.05, 0.1) is 11.8 Å². The summed E-state index contributed by atoms with van der Waals surface area (Å²) in [5.74, 6) is 1.09. The van der Waals surface area contributed by atoms with Gasteiger partial charge in [-0.05, 0) is 75.9 Å². The minimum absolute atomic E-state index is 0.00676. The first kappa shape index (κ1) is 24.0. The number of alkyl halides is 3. The monoisotopic (exact) mass is 470 g/mol. The first-order valence-corrected chi connectivity index (χ1v) is 11.5. The number of nitrogens with one attached hydrogen (secondary N) is 2. The molecule has 2 aromatic carbocycles. The van der Waals surface area contributed by atoms with Crippen molar-refractivity contribution in [1.29, 1.82) is 0 Å². The number of anilines is 2. The van der Waals surface area contributed by atoms with Crippen molar-refractivity contribution in [1.82, 2.24) is 15.3 Å². The highest BCUT2D eigenvalue weighted by Gasteiger charge is 2.34. The topological polar surface area (TPSA) is 59.1 Å². The molecule has 1 aliphatic rings. The van der Waals surface area contributed by atoms with Gasteiger partial charge in [0.15, 0.2) is 11.5 Å². The second-order valence-electron chi connectivity index (χ2n) is 8.85. The molecular formula is C26H29F3N4O. The number of hydrogen-bond acceptors (Lipinski definition) is 5.